The lowest BCUT2D eigenvalue weighted by molar-refractivity contribution is -0.140. The smallest absolute Gasteiger partial charge is 0.321 e. The lowest BCUT2D eigenvalue weighted by Crippen LogP contribution is -2.40. The highest BCUT2D eigenvalue weighted by Crippen LogP contribution is 2.22. The van der Waals surface area contributed by atoms with Gasteiger partial charge in [-0.05, 0) is 41.7 Å². The molecule has 0 fully saturated rings. The van der Waals surface area contributed by atoms with Crippen LogP contribution in [-0.2, 0) is 20.2 Å². The van der Waals surface area contributed by atoms with Crippen LogP contribution in [-0.4, -0.2) is 39.2 Å². The molecule has 0 saturated carbocycles. The number of nitrogens with two attached hydrogens (primary N) is 1. The number of rotatable bonds is 10. The molecule has 3 rings (SSSR count). The van der Waals surface area contributed by atoms with Crippen molar-refractivity contribution in [3.63, 3.8) is 0 Å². The summed E-state index contributed by atoms with van der Waals surface area (Å²) in [5, 5.41) is 12.4. The zero-order chi connectivity index (χ0) is 23.8. The molecule has 2 aromatic carbocycles. The number of halogens is 1. The summed E-state index contributed by atoms with van der Waals surface area (Å²) in [7, 11) is 0. The number of H-pyrrole nitrogens is 1. The van der Waals surface area contributed by atoms with Crippen molar-refractivity contribution < 1.29 is 23.0 Å². The summed E-state index contributed by atoms with van der Waals surface area (Å²) in [5.41, 5.74) is 7.82. The standard InChI is InChI=1S/C22H22FN5O4S/c23-17-3-1-2-15(9-17)14-6-4-13(5-7-14)8-18(26-21(30)19-12-25-28-27-19)10-16(11-20(24)29)22(31)32-33/h1-7,9,12,16,18,33H,8,10-11H2,(H2,24,29)(H,26,30)(H,25,27,28)/t16-,18-/m1/s1. The van der Waals surface area contributed by atoms with Gasteiger partial charge in [0.05, 0.1) is 12.1 Å². The molecular formula is C22H22FN5O4S. The Balaban J connectivity index is 1.79. The van der Waals surface area contributed by atoms with E-state index in [0.29, 0.717) is 6.42 Å². The maximum atomic E-state index is 13.5. The van der Waals surface area contributed by atoms with Gasteiger partial charge in [0, 0.05) is 25.4 Å². The van der Waals surface area contributed by atoms with Gasteiger partial charge in [-0.3, -0.25) is 19.5 Å². The number of primary amides is 1. The van der Waals surface area contributed by atoms with E-state index in [-0.39, 0.29) is 24.4 Å². The monoisotopic (exact) mass is 471 g/mol. The quantitative estimate of drug-likeness (QED) is 0.264. The molecule has 0 saturated heterocycles. The van der Waals surface area contributed by atoms with Gasteiger partial charge in [-0.1, -0.05) is 41.6 Å². The van der Waals surface area contributed by atoms with E-state index >= 15 is 0 Å². The number of aromatic nitrogens is 3. The van der Waals surface area contributed by atoms with E-state index in [9.17, 15) is 18.8 Å². The molecule has 3 aromatic rings. The summed E-state index contributed by atoms with van der Waals surface area (Å²) in [6.45, 7) is 0. The minimum absolute atomic E-state index is 0.0846. The van der Waals surface area contributed by atoms with Gasteiger partial charge in [-0.2, -0.15) is 0 Å². The summed E-state index contributed by atoms with van der Waals surface area (Å²) in [4.78, 5) is 36.1. The van der Waals surface area contributed by atoms with E-state index in [0.717, 1.165) is 16.7 Å². The maximum Gasteiger partial charge on any atom is 0.321 e. The Morgan fingerprint density at radius 2 is 1.91 bits per heavy atom. The molecule has 9 nitrogen and oxygen atoms in total. The van der Waals surface area contributed by atoms with Crippen LogP contribution >= 0.6 is 12.9 Å². The van der Waals surface area contributed by atoms with E-state index in [1.165, 1.54) is 18.3 Å². The second-order valence-electron chi connectivity index (χ2n) is 7.47. The summed E-state index contributed by atoms with van der Waals surface area (Å²) in [6, 6.07) is 13.1. The van der Waals surface area contributed by atoms with Crippen LogP contribution in [0.4, 0.5) is 4.39 Å². The Labute approximate surface area is 194 Å². The normalized spacial score (nSPS) is 12.5. The topological polar surface area (TPSA) is 140 Å². The van der Waals surface area contributed by atoms with Crippen molar-refractivity contribution in [1.82, 2.24) is 20.7 Å². The third-order valence-electron chi connectivity index (χ3n) is 5.03. The van der Waals surface area contributed by atoms with Crippen LogP contribution in [0.5, 0.6) is 0 Å². The third-order valence-corrected chi connectivity index (χ3v) is 5.21. The van der Waals surface area contributed by atoms with Crippen molar-refractivity contribution in [2.24, 2.45) is 11.7 Å². The van der Waals surface area contributed by atoms with Crippen LogP contribution in [0, 0.1) is 11.7 Å². The fourth-order valence-corrected chi connectivity index (χ4v) is 3.62. The van der Waals surface area contributed by atoms with E-state index in [4.69, 9.17) is 5.73 Å². The van der Waals surface area contributed by atoms with Crippen LogP contribution in [0.3, 0.4) is 0 Å². The highest BCUT2D eigenvalue weighted by Gasteiger charge is 2.27. The first-order valence-corrected chi connectivity index (χ1v) is 10.4. The Hall–Kier alpha value is -3.73. The minimum Gasteiger partial charge on any atom is -0.394 e. The average molecular weight is 472 g/mol. The molecule has 11 heteroatoms. The summed E-state index contributed by atoms with van der Waals surface area (Å²) in [5.74, 6) is -3.10. The van der Waals surface area contributed by atoms with Gasteiger partial charge >= 0.3 is 5.97 Å². The van der Waals surface area contributed by atoms with Crippen molar-refractivity contribution in [3.05, 3.63) is 71.8 Å². The van der Waals surface area contributed by atoms with Gasteiger partial charge in [0.15, 0.2) is 0 Å². The van der Waals surface area contributed by atoms with E-state index < -0.39 is 29.7 Å². The molecule has 2 atom stereocenters. The molecule has 0 bridgehead atoms. The van der Waals surface area contributed by atoms with Crippen molar-refractivity contribution in [2.75, 3.05) is 0 Å². The van der Waals surface area contributed by atoms with Crippen molar-refractivity contribution in [1.29, 1.82) is 0 Å². The van der Waals surface area contributed by atoms with Gasteiger partial charge in [0.2, 0.25) is 5.91 Å². The Bertz CT molecular complexity index is 1110. The van der Waals surface area contributed by atoms with Crippen LogP contribution in [0.2, 0.25) is 0 Å². The molecule has 1 aromatic heterocycles. The zero-order valence-corrected chi connectivity index (χ0v) is 18.3. The van der Waals surface area contributed by atoms with Crippen molar-refractivity contribution >= 4 is 30.7 Å². The Kier molecular flexibility index (Phi) is 8.14. The number of carbonyl (C=O) groups excluding carboxylic acids is 3. The largest absolute Gasteiger partial charge is 0.394 e. The highest BCUT2D eigenvalue weighted by atomic mass is 32.1. The van der Waals surface area contributed by atoms with Crippen LogP contribution in [0.1, 0.15) is 28.9 Å². The Morgan fingerprint density at radius 3 is 2.52 bits per heavy atom. The van der Waals surface area contributed by atoms with Gasteiger partial charge in [0.25, 0.3) is 5.91 Å². The number of benzene rings is 2. The first-order chi connectivity index (χ1) is 15.9. The van der Waals surface area contributed by atoms with Crippen molar-refractivity contribution in [3.8, 4) is 11.1 Å². The fourth-order valence-electron chi connectivity index (χ4n) is 3.47. The van der Waals surface area contributed by atoms with Crippen LogP contribution in [0.15, 0.2) is 54.7 Å². The first kappa shape index (κ1) is 23.9. The second-order valence-corrected chi connectivity index (χ2v) is 7.65. The number of aromatic amines is 1. The molecular weight excluding hydrogens is 449 g/mol. The molecule has 0 aliphatic rings. The zero-order valence-electron chi connectivity index (χ0n) is 17.4. The predicted octanol–water partition coefficient (Wildman–Crippen LogP) is 2.22. The van der Waals surface area contributed by atoms with Gasteiger partial charge in [-0.25, -0.2) is 4.39 Å². The molecule has 2 amide bonds. The average Bonchev–Trinajstić information content (AvgIpc) is 3.33. The number of hydrogen-bond acceptors (Lipinski definition) is 7. The summed E-state index contributed by atoms with van der Waals surface area (Å²) in [6.07, 6.45) is 1.44. The number of nitrogens with zero attached hydrogens (tertiary/aromatic N) is 2. The van der Waals surface area contributed by atoms with Crippen molar-refractivity contribution in [2.45, 2.75) is 25.3 Å². The minimum atomic E-state index is -0.892. The number of thiol groups is 1. The third kappa shape index (κ3) is 6.88. The van der Waals surface area contributed by atoms with E-state index in [1.807, 2.05) is 24.3 Å². The lowest BCUT2D eigenvalue weighted by atomic mass is 9.91. The molecule has 172 valence electrons. The Morgan fingerprint density at radius 1 is 1.15 bits per heavy atom. The number of nitrogens with one attached hydrogen (secondary N) is 2. The maximum absolute atomic E-state index is 13.5. The molecule has 0 aliphatic heterocycles. The molecule has 0 radical (unpaired) electrons. The second kappa shape index (κ2) is 11.2. The molecule has 0 unspecified atom stereocenters. The number of carbonyl (C=O) groups is 3. The molecule has 4 N–H and O–H groups in total. The SMILES string of the molecule is NC(=O)C[C@@H](C[C@@H](Cc1ccc(-c2cccc(F)c2)cc1)NC(=O)c1cnn[nH]1)C(=O)OS. The molecule has 33 heavy (non-hydrogen) atoms. The molecule has 0 aliphatic carbocycles. The molecule has 1 heterocycles. The highest BCUT2D eigenvalue weighted by molar-refractivity contribution is 7.75. The molecule has 0 spiro atoms. The van der Waals surface area contributed by atoms with Crippen LogP contribution < -0.4 is 11.1 Å². The lowest BCUT2D eigenvalue weighted by Gasteiger charge is -2.22. The summed E-state index contributed by atoms with van der Waals surface area (Å²) >= 11 is 3.53. The number of amides is 2. The predicted molar refractivity (Wildman–Crippen MR) is 120 cm³/mol. The van der Waals surface area contributed by atoms with E-state index in [1.54, 1.807) is 12.1 Å². The number of hydrogen-bond donors (Lipinski definition) is 4. The van der Waals surface area contributed by atoms with Gasteiger partial charge in [-0.15, -0.1) is 5.10 Å². The van der Waals surface area contributed by atoms with Gasteiger partial charge < -0.3 is 15.2 Å². The van der Waals surface area contributed by atoms with Gasteiger partial charge in [0.1, 0.15) is 11.5 Å². The fraction of sp³-hybridized carbons (Fsp3) is 0.227. The first-order valence-electron chi connectivity index (χ1n) is 10.0. The van der Waals surface area contributed by atoms with E-state index in [2.05, 4.69) is 37.8 Å². The summed E-state index contributed by atoms with van der Waals surface area (Å²) < 4.78 is 18.0. The van der Waals surface area contributed by atoms with Crippen LogP contribution in [0.25, 0.3) is 11.1 Å².